The van der Waals surface area contributed by atoms with E-state index in [2.05, 4.69) is 11.1 Å². The first-order valence-electron chi connectivity index (χ1n) is 12.4. The number of aryl methyl sites for hydroxylation is 1. The van der Waals surface area contributed by atoms with E-state index < -0.39 is 17.8 Å². The smallest absolute Gasteiger partial charge is 0.363 e. The Hall–Kier alpha value is -4.79. The van der Waals surface area contributed by atoms with Crippen LogP contribution >= 0.6 is 0 Å². The Kier molecular flexibility index (Phi) is 6.17. The number of carbonyl (C=O) groups excluding carboxylic acids is 3. The molecule has 2 aromatic carbocycles. The van der Waals surface area contributed by atoms with Crippen molar-refractivity contribution < 1.29 is 32.9 Å². The lowest BCUT2D eigenvalue weighted by Crippen LogP contribution is -2.33. The predicted molar refractivity (Wildman–Crippen MR) is 133 cm³/mol. The third-order valence-corrected chi connectivity index (χ3v) is 6.54. The average molecular weight is 511 g/mol. The molecule has 0 radical (unpaired) electrons. The topological polar surface area (TPSA) is 103 Å². The van der Waals surface area contributed by atoms with Gasteiger partial charge in [0.15, 0.2) is 24.7 Å². The molecule has 2 amide bonds. The number of benzene rings is 2. The summed E-state index contributed by atoms with van der Waals surface area (Å²) in [6.07, 6.45) is 7.65. The van der Waals surface area contributed by atoms with Crippen LogP contribution in [0.25, 0.3) is 22.8 Å². The Balaban J connectivity index is 1.13. The van der Waals surface area contributed by atoms with Crippen molar-refractivity contribution in [2.24, 2.45) is 0 Å². The maximum Gasteiger partial charge on any atom is 0.363 e. The van der Waals surface area contributed by atoms with Crippen LogP contribution in [-0.4, -0.2) is 34.4 Å². The number of imide groups is 1. The van der Waals surface area contributed by atoms with Gasteiger partial charge in [-0.25, -0.2) is 14.3 Å². The molecule has 2 aliphatic rings. The second kappa shape index (κ2) is 9.93. The van der Waals surface area contributed by atoms with Crippen molar-refractivity contribution in [2.75, 3.05) is 6.61 Å². The van der Waals surface area contributed by atoms with Crippen molar-refractivity contribution in [3.05, 3.63) is 89.9 Å². The van der Waals surface area contributed by atoms with Gasteiger partial charge in [0.2, 0.25) is 5.89 Å². The van der Waals surface area contributed by atoms with Gasteiger partial charge in [0.05, 0.1) is 18.4 Å². The molecule has 0 atom stereocenters. The second-order valence-electron chi connectivity index (χ2n) is 9.22. The van der Waals surface area contributed by atoms with Crippen molar-refractivity contribution in [2.45, 2.75) is 32.2 Å². The maximum absolute atomic E-state index is 12.5. The van der Waals surface area contributed by atoms with E-state index in [1.807, 2.05) is 47.3 Å². The number of rotatable bonds is 6. The van der Waals surface area contributed by atoms with Crippen molar-refractivity contribution in [3.8, 4) is 28.5 Å². The summed E-state index contributed by atoms with van der Waals surface area (Å²) in [5, 5.41) is 0.552. The molecule has 4 heterocycles. The lowest BCUT2D eigenvalue weighted by molar-refractivity contribution is -0.688. The highest BCUT2D eigenvalue weighted by Gasteiger charge is 2.33. The lowest BCUT2D eigenvalue weighted by atomic mass is 10.0. The number of ether oxygens (including phenoxy) is 1. The van der Waals surface area contributed by atoms with Crippen LogP contribution < -0.4 is 9.30 Å². The minimum absolute atomic E-state index is 0.0527. The zero-order chi connectivity index (χ0) is 26.1. The van der Waals surface area contributed by atoms with Crippen LogP contribution in [0.3, 0.4) is 0 Å². The van der Waals surface area contributed by atoms with E-state index in [0.29, 0.717) is 23.3 Å². The van der Waals surface area contributed by atoms with E-state index in [0.717, 1.165) is 41.9 Å². The molecule has 4 aromatic rings. The highest BCUT2D eigenvalue weighted by Crippen LogP contribution is 2.32. The van der Waals surface area contributed by atoms with Gasteiger partial charge in [0, 0.05) is 41.7 Å². The van der Waals surface area contributed by atoms with Crippen LogP contribution in [0.1, 0.15) is 40.7 Å². The fraction of sp³-hybridized carbons (Fsp3) is 0.207. The molecule has 0 bridgehead atoms. The molecule has 1 saturated heterocycles. The molecule has 2 aromatic heterocycles. The molecule has 6 rings (SSSR count). The minimum atomic E-state index is -0.748. The van der Waals surface area contributed by atoms with Gasteiger partial charge in [-0.3, -0.25) is 9.59 Å². The summed E-state index contributed by atoms with van der Waals surface area (Å²) in [5.74, 6) is 0.396. The van der Waals surface area contributed by atoms with Gasteiger partial charge in [-0.05, 0) is 48.7 Å². The van der Waals surface area contributed by atoms with Crippen LogP contribution in [0.5, 0.6) is 5.75 Å². The first-order chi connectivity index (χ1) is 18.5. The van der Waals surface area contributed by atoms with E-state index in [4.69, 9.17) is 14.0 Å². The third-order valence-electron chi connectivity index (χ3n) is 6.54. The van der Waals surface area contributed by atoms with Gasteiger partial charge < -0.3 is 14.0 Å². The summed E-state index contributed by atoms with van der Waals surface area (Å²) in [7, 11) is 0. The van der Waals surface area contributed by atoms with Crippen molar-refractivity contribution in [1.29, 1.82) is 0 Å². The first-order valence-corrected chi connectivity index (χ1v) is 12.4. The zero-order valence-electron chi connectivity index (χ0n) is 20.5. The third kappa shape index (κ3) is 4.78. The minimum Gasteiger partial charge on any atom is -0.493 e. The van der Waals surface area contributed by atoms with Crippen molar-refractivity contribution >= 4 is 17.8 Å². The number of hydroxylamine groups is 2. The monoisotopic (exact) mass is 510 g/mol. The van der Waals surface area contributed by atoms with Crippen LogP contribution in [0.2, 0.25) is 0 Å². The summed E-state index contributed by atoms with van der Waals surface area (Å²) in [4.78, 5) is 45.4. The summed E-state index contributed by atoms with van der Waals surface area (Å²) in [6.45, 7) is 1.25. The molecule has 0 unspecified atom stereocenters. The normalized spacial score (nSPS) is 14.8. The molecule has 38 heavy (non-hydrogen) atoms. The summed E-state index contributed by atoms with van der Waals surface area (Å²) >= 11 is 0. The molecule has 0 N–H and O–H groups in total. The van der Waals surface area contributed by atoms with Gasteiger partial charge >= 0.3 is 5.97 Å². The molecule has 9 nitrogen and oxygen atoms in total. The van der Waals surface area contributed by atoms with Crippen molar-refractivity contribution in [3.63, 3.8) is 0 Å². The van der Waals surface area contributed by atoms with E-state index in [-0.39, 0.29) is 18.4 Å². The fourth-order valence-corrected chi connectivity index (χ4v) is 4.56. The number of nitrogens with zero attached hydrogens (tertiary/aromatic N) is 3. The van der Waals surface area contributed by atoms with E-state index >= 15 is 0 Å². The molecular formula is C29H24N3O6+. The highest BCUT2D eigenvalue weighted by molar-refractivity contribution is 6.02. The largest absolute Gasteiger partial charge is 0.493 e. The summed E-state index contributed by atoms with van der Waals surface area (Å²) in [5.41, 5.74) is 4.10. The Morgan fingerprint density at radius 1 is 0.974 bits per heavy atom. The summed E-state index contributed by atoms with van der Waals surface area (Å²) < 4.78 is 13.7. The lowest BCUT2D eigenvalue weighted by Gasteiger charge is -2.17. The number of carbonyl (C=O) groups is 3. The predicted octanol–water partition coefficient (Wildman–Crippen LogP) is 3.89. The molecule has 1 fully saturated rings. The number of hydrogen-bond acceptors (Lipinski definition) is 7. The Morgan fingerprint density at radius 2 is 1.79 bits per heavy atom. The van der Waals surface area contributed by atoms with Gasteiger partial charge in [-0.15, -0.1) is 5.06 Å². The Labute approximate surface area is 218 Å². The number of hydrogen-bond donors (Lipinski definition) is 0. The van der Waals surface area contributed by atoms with Crippen molar-refractivity contribution in [1.82, 2.24) is 10.0 Å². The van der Waals surface area contributed by atoms with E-state index in [1.54, 1.807) is 24.4 Å². The first kappa shape index (κ1) is 23.6. The molecule has 9 heteroatoms. The molecular weight excluding hydrogens is 486 g/mol. The molecule has 2 aliphatic heterocycles. The number of amides is 2. The molecule has 190 valence electrons. The van der Waals surface area contributed by atoms with Crippen LogP contribution in [0.4, 0.5) is 0 Å². The summed E-state index contributed by atoms with van der Waals surface area (Å²) in [6, 6.07) is 16.8. The highest BCUT2D eigenvalue weighted by atomic mass is 16.7. The van der Waals surface area contributed by atoms with Crippen LogP contribution in [-0.2, 0) is 27.4 Å². The zero-order valence-corrected chi connectivity index (χ0v) is 20.5. The number of oxazole rings is 1. The van der Waals surface area contributed by atoms with Gasteiger partial charge in [-0.2, -0.15) is 0 Å². The average Bonchev–Trinajstić information content (AvgIpc) is 3.56. The van der Waals surface area contributed by atoms with E-state index in [9.17, 15) is 14.4 Å². The SMILES string of the molecule is O=C(ON1C(=O)CCC1=O)c1cccc(C[n+]2ccc(-c3ncc(-c4ccc5c(c4)CCCO5)o3)cc2)c1. The van der Waals surface area contributed by atoms with E-state index in [1.165, 1.54) is 5.56 Å². The number of fused-ring (bicyclic) bond motifs is 1. The van der Waals surface area contributed by atoms with Crippen LogP contribution in [0.15, 0.2) is 77.6 Å². The molecule has 0 aliphatic carbocycles. The van der Waals surface area contributed by atoms with Crippen LogP contribution in [0, 0.1) is 0 Å². The standard InChI is InChI=1S/C29H24N3O6/c33-26-8-9-27(34)32(26)38-29(35)23-4-1-3-19(15-23)18-31-12-10-20(11-13-31)28-30-17-25(37-28)22-6-7-24-21(16-22)5-2-14-36-24/h1,3-4,6-7,10-13,15-17H,2,5,8-9,14,18H2/q+1. The molecule has 0 spiro atoms. The Morgan fingerprint density at radius 3 is 2.61 bits per heavy atom. The Bertz CT molecular complexity index is 1530. The van der Waals surface area contributed by atoms with Gasteiger partial charge in [0.25, 0.3) is 11.8 Å². The van der Waals surface area contributed by atoms with Gasteiger partial charge in [0.1, 0.15) is 5.75 Å². The van der Waals surface area contributed by atoms with Gasteiger partial charge in [-0.1, -0.05) is 12.1 Å². The second-order valence-corrected chi connectivity index (χ2v) is 9.22. The quantitative estimate of drug-likeness (QED) is 0.286. The number of aromatic nitrogens is 2. The molecule has 0 saturated carbocycles. The fourth-order valence-electron chi connectivity index (χ4n) is 4.56. The maximum atomic E-state index is 12.5. The number of pyridine rings is 1.